The van der Waals surface area contributed by atoms with Gasteiger partial charge in [-0.05, 0) is 39.3 Å². The first-order chi connectivity index (χ1) is 12.3. The number of carbonyl (C=O) groups excluding carboxylic acids is 1. The third-order valence-corrected chi connectivity index (χ3v) is 3.50. The summed E-state index contributed by atoms with van der Waals surface area (Å²) in [6, 6.07) is 3.94. The molecule has 0 aliphatic heterocycles. The minimum Gasteiger partial charge on any atom is -0.352 e. The Bertz CT molecular complexity index is 763. The average molecular weight is 485 g/mol. The molecule has 0 spiro atoms. The van der Waals surface area contributed by atoms with Gasteiger partial charge in [-0.25, -0.2) is 9.97 Å². The number of aryl methyl sites for hydroxylation is 1. The molecular weight excluding hydrogens is 457 g/mol. The van der Waals surface area contributed by atoms with Crippen molar-refractivity contribution in [3.63, 3.8) is 0 Å². The van der Waals surface area contributed by atoms with Crippen molar-refractivity contribution in [2.24, 2.45) is 4.99 Å². The zero-order valence-corrected chi connectivity index (χ0v) is 18.7. The predicted molar refractivity (Wildman–Crippen MR) is 118 cm³/mol. The van der Waals surface area contributed by atoms with E-state index in [2.05, 4.69) is 30.9 Å². The van der Waals surface area contributed by atoms with E-state index in [1.54, 1.807) is 19.4 Å². The monoisotopic (exact) mass is 485 g/mol. The van der Waals surface area contributed by atoms with Crippen molar-refractivity contribution >= 4 is 35.8 Å². The van der Waals surface area contributed by atoms with E-state index in [0.717, 1.165) is 17.2 Å². The van der Waals surface area contributed by atoms with Crippen molar-refractivity contribution in [3.8, 4) is 5.82 Å². The van der Waals surface area contributed by atoms with Crippen molar-refractivity contribution in [1.29, 1.82) is 0 Å². The molecule has 0 saturated heterocycles. The number of hydrogen-bond acceptors (Lipinski definition) is 4. The minimum absolute atomic E-state index is 0. The SMILES string of the molecule is CN=C(NCC(=O)NC(C)(C)C)NCc1ccc(-n2ccnc2C)nc1.I. The van der Waals surface area contributed by atoms with Crippen LogP contribution < -0.4 is 16.0 Å². The fourth-order valence-electron chi connectivity index (χ4n) is 2.32. The minimum atomic E-state index is -0.253. The van der Waals surface area contributed by atoms with Crippen LogP contribution >= 0.6 is 24.0 Å². The zero-order valence-electron chi connectivity index (χ0n) is 16.4. The Labute approximate surface area is 177 Å². The Balaban J connectivity index is 0.00000364. The molecule has 148 valence electrons. The molecule has 27 heavy (non-hydrogen) atoms. The van der Waals surface area contributed by atoms with Crippen LogP contribution in [-0.4, -0.2) is 45.5 Å². The normalized spacial score (nSPS) is 11.5. The quantitative estimate of drug-likeness (QED) is 0.341. The molecule has 0 saturated carbocycles. The smallest absolute Gasteiger partial charge is 0.239 e. The van der Waals surface area contributed by atoms with Crippen LogP contribution in [0.4, 0.5) is 0 Å². The van der Waals surface area contributed by atoms with Crippen LogP contribution in [0.1, 0.15) is 32.2 Å². The molecule has 9 heteroatoms. The highest BCUT2D eigenvalue weighted by molar-refractivity contribution is 14.0. The Morgan fingerprint density at radius 2 is 1.96 bits per heavy atom. The lowest BCUT2D eigenvalue weighted by atomic mass is 10.1. The van der Waals surface area contributed by atoms with Gasteiger partial charge in [0.1, 0.15) is 11.6 Å². The number of amides is 1. The number of halogens is 1. The summed E-state index contributed by atoms with van der Waals surface area (Å²) in [5.41, 5.74) is 0.755. The lowest BCUT2D eigenvalue weighted by molar-refractivity contribution is -0.121. The van der Waals surface area contributed by atoms with E-state index in [4.69, 9.17) is 0 Å². The number of pyridine rings is 1. The second-order valence-corrected chi connectivity index (χ2v) is 6.95. The van der Waals surface area contributed by atoms with Crippen molar-refractivity contribution in [2.75, 3.05) is 13.6 Å². The van der Waals surface area contributed by atoms with Gasteiger partial charge in [-0.1, -0.05) is 6.07 Å². The number of carbonyl (C=O) groups is 1. The molecule has 0 aromatic carbocycles. The van der Waals surface area contributed by atoms with Gasteiger partial charge in [0.25, 0.3) is 0 Å². The largest absolute Gasteiger partial charge is 0.352 e. The number of nitrogens with zero attached hydrogens (tertiary/aromatic N) is 4. The molecule has 3 N–H and O–H groups in total. The first kappa shape index (κ1) is 22.9. The number of hydrogen-bond donors (Lipinski definition) is 3. The van der Waals surface area contributed by atoms with E-state index in [9.17, 15) is 4.79 Å². The number of nitrogens with one attached hydrogen (secondary N) is 3. The topological polar surface area (TPSA) is 96.2 Å². The Morgan fingerprint density at radius 3 is 2.48 bits per heavy atom. The average Bonchev–Trinajstić information content (AvgIpc) is 3.00. The van der Waals surface area contributed by atoms with E-state index < -0.39 is 0 Å². The van der Waals surface area contributed by atoms with Gasteiger partial charge in [0, 0.05) is 37.7 Å². The summed E-state index contributed by atoms with van der Waals surface area (Å²) >= 11 is 0. The summed E-state index contributed by atoms with van der Waals surface area (Å²) in [5, 5.41) is 9.06. The molecule has 0 aliphatic rings. The Kier molecular flexibility index (Phi) is 8.67. The summed E-state index contributed by atoms with van der Waals surface area (Å²) in [6.07, 6.45) is 5.43. The highest BCUT2D eigenvalue weighted by Gasteiger charge is 2.13. The number of imidazole rings is 1. The lowest BCUT2D eigenvalue weighted by Gasteiger charge is -2.21. The van der Waals surface area contributed by atoms with Gasteiger partial charge in [0.2, 0.25) is 5.91 Å². The van der Waals surface area contributed by atoms with Crippen molar-refractivity contribution < 1.29 is 4.79 Å². The van der Waals surface area contributed by atoms with Gasteiger partial charge < -0.3 is 16.0 Å². The van der Waals surface area contributed by atoms with E-state index in [1.807, 2.05) is 50.6 Å². The number of aliphatic imine (C=N–C) groups is 1. The maximum absolute atomic E-state index is 11.9. The van der Waals surface area contributed by atoms with Gasteiger partial charge in [0.15, 0.2) is 5.96 Å². The first-order valence-corrected chi connectivity index (χ1v) is 8.49. The summed E-state index contributed by atoms with van der Waals surface area (Å²) < 4.78 is 1.92. The molecule has 0 unspecified atom stereocenters. The third-order valence-electron chi connectivity index (χ3n) is 3.50. The molecule has 2 aromatic heterocycles. The molecular formula is C18H28IN7O. The molecule has 0 atom stereocenters. The van der Waals surface area contributed by atoms with E-state index in [0.29, 0.717) is 12.5 Å². The van der Waals surface area contributed by atoms with Gasteiger partial charge in [0.05, 0.1) is 6.54 Å². The fraction of sp³-hybridized carbons (Fsp3) is 0.444. The highest BCUT2D eigenvalue weighted by Crippen LogP contribution is 2.08. The van der Waals surface area contributed by atoms with Gasteiger partial charge in [-0.15, -0.1) is 24.0 Å². The molecule has 1 amide bonds. The van der Waals surface area contributed by atoms with E-state index in [-0.39, 0.29) is 42.0 Å². The number of aromatic nitrogens is 3. The second kappa shape index (κ2) is 10.2. The molecule has 0 radical (unpaired) electrons. The summed E-state index contributed by atoms with van der Waals surface area (Å²) in [6.45, 7) is 8.48. The maximum atomic E-state index is 11.9. The van der Waals surface area contributed by atoms with Crippen molar-refractivity contribution in [2.45, 2.75) is 39.8 Å². The van der Waals surface area contributed by atoms with Crippen LogP contribution in [0, 0.1) is 6.92 Å². The summed E-state index contributed by atoms with van der Waals surface area (Å²) in [7, 11) is 1.67. The predicted octanol–water partition coefficient (Wildman–Crippen LogP) is 1.77. The molecule has 2 heterocycles. The number of rotatable bonds is 5. The van der Waals surface area contributed by atoms with E-state index >= 15 is 0 Å². The third kappa shape index (κ3) is 7.53. The van der Waals surface area contributed by atoms with Crippen molar-refractivity contribution in [3.05, 3.63) is 42.1 Å². The molecule has 0 fully saturated rings. The molecule has 2 rings (SSSR count). The lowest BCUT2D eigenvalue weighted by Crippen LogP contribution is -2.48. The second-order valence-electron chi connectivity index (χ2n) is 6.95. The van der Waals surface area contributed by atoms with Gasteiger partial charge >= 0.3 is 0 Å². The summed E-state index contributed by atoms with van der Waals surface area (Å²) in [5.74, 6) is 2.19. The van der Waals surface area contributed by atoms with Crippen LogP contribution in [-0.2, 0) is 11.3 Å². The van der Waals surface area contributed by atoms with Crippen molar-refractivity contribution in [1.82, 2.24) is 30.5 Å². The van der Waals surface area contributed by atoms with E-state index in [1.165, 1.54) is 0 Å². The fourth-order valence-corrected chi connectivity index (χ4v) is 2.32. The van der Waals surface area contributed by atoms with Crippen LogP contribution in [0.25, 0.3) is 5.82 Å². The van der Waals surface area contributed by atoms with Crippen LogP contribution in [0.5, 0.6) is 0 Å². The molecule has 0 aliphatic carbocycles. The Hall–Kier alpha value is -2.17. The molecule has 2 aromatic rings. The van der Waals surface area contributed by atoms with Gasteiger partial charge in [-0.2, -0.15) is 0 Å². The highest BCUT2D eigenvalue weighted by atomic mass is 127. The Morgan fingerprint density at radius 1 is 1.22 bits per heavy atom. The molecule has 8 nitrogen and oxygen atoms in total. The summed E-state index contributed by atoms with van der Waals surface area (Å²) in [4.78, 5) is 24.6. The molecule has 0 bridgehead atoms. The maximum Gasteiger partial charge on any atom is 0.239 e. The van der Waals surface area contributed by atoms with Gasteiger partial charge in [-0.3, -0.25) is 14.4 Å². The van der Waals surface area contributed by atoms with Crippen LogP contribution in [0.3, 0.4) is 0 Å². The zero-order chi connectivity index (χ0) is 19.2. The van der Waals surface area contributed by atoms with Crippen LogP contribution in [0.15, 0.2) is 35.7 Å². The van der Waals surface area contributed by atoms with Crippen LogP contribution in [0.2, 0.25) is 0 Å². The number of guanidine groups is 1. The standard InChI is InChI=1S/C18H27N7O.HI/c1-13-20-8-9-25(13)15-7-6-14(10-21-15)11-22-17(19-5)23-12-16(26)24-18(2,3)4;/h6-10H,11-12H2,1-5H3,(H,24,26)(H2,19,22,23);1H. The first-order valence-electron chi connectivity index (χ1n) is 8.49.